The molecule has 1 fully saturated rings. The Morgan fingerprint density at radius 1 is 1.53 bits per heavy atom. The molecule has 1 aliphatic heterocycles. The first-order valence-electron chi connectivity index (χ1n) is 6.04. The molecular weight excluding hydrogens is 244 g/mol. The van der Waals surface area contributed by atoms with E-state index in [0.717, 1.165) is 0 Å². The van der Waals surface area contributed by atoms with Gasteiger partial charge in [0.05, 0.1) is 5.69 Å². The van der Waals surface area contributed by atoms with Gasteiger partial charge in [-0.2, -0.15) is 0 Å². The normalized spacial score (nSPS) is 18.3. The van der Waals surface area contributed by atoms with Crippen molar-refractivity contribution in [2.75, 3.05) is 18.0 Å². The minimum Gasteiger partial charge on any atom is -0.311 e. The number of benzene rings is 1. The number of azide groups is 1. The van der Waals surface area contributed by atoms with Gasteiger partial charge in [-0.1, -0.05) is 17.2 Å². The molecule has 1 heterocycles. The second-order valence-electron chi connectivity index (χ2n) is 4.56. The number of carbonyl (C=O) groups is 2. The van der Waals surface area contributed by atoms with Crippen LogP contribution in [0.5, 0.6) is 0 Å². The summed E-state index contributed by atoms with van der Waals surface area (Å²) < 4.78 is 0. The number of hydrogen-bond donors (Lipinski definition) is 0. The lowest BCUT2D eigenvalue weighted by Crippen LogP contribution is -2.26. The number of para-hydroxylation sites is 1. The Morgan fingerprint density at radius 2 is 2.26 bits per heavy atom. The Morgan fingerprint density at radius 3 is 2.95 bits per heavy atom. The number of ketones is 1. The molecule has 1 amide bonds. The minimum absolute atomic E-state index is 0.0171. The van der Waals surface area contributed by atoms with E-state index in [2.05, 4.69) is 10.0 Å². The zero-order valence-electron chi connectivity index (χ0n) is 10.6. The molecule has 6 heteroatoms. The highest BCUT2D eigenvalue weighted by molar-refractivity contribution is 6.05. The van der Waals surface area contributed by atoms with E-state index in [9.17, 15) is 9.59 Å². The van der Waals surface area contributed by atoms with Crippen molar-refractivity contribution in [3.05, 3.63) is 40.3 Å². The van der Waals surface area contributed by atoms with E-state index in [0.29, 0.717) is 30.8 Å². The van der Waals surface area contributed by atoms with Gasteiger partial charge in [0.15, 0.2) is 5.78 Å². The van der Waals surface area contributed by atoms with E-state index in [4.69, 9.17) is 5.53 Å². The molecule has 0 saturated carbocycles. The van der Waals surface area contributed by atoms with E-state index in [1.807, 2.05) is 0 Å². The summed E-state index contributed by atoms with van der Waals surface area (Å²) in [5.74, 6) is -0.0860. The van der Waals surface area contributed by atoms with Crippen molar-refractivity contribution in [2.45, 2.75) is 13.3 Å². The molecule has 98 valence electrons. The molecule has 0 spiro atoms. The van der Waals surface area contributed by atoms with Gasteiger partial charge in [0.2, 0.25) is 5.91 Å². The topological polar surface area (TPSA) is 86.1 Å². The van der Waals surface area contributed by atoms with Crippen molar-refractivity contribution in [3.8, 4) is 0 Å². The number of nitrogens with zero attached hydrogens (tertiary/aromatic N) is 4. The monoisotopic (exact) mass is 258 g/mol. The predicted molar refractivity (Wildman–Crippen MR) is 70.9 cm³/mol. The van der Waals surface area contributed by atoms with Gasteiger partial charge in [-0.05, 0) is 30.5 Å². The van der Waals surface area contributed by atoms with Gasteiger partial charge in [-0.15, -0.1) is 0 Å². The molecule has 0 aliphatic carbocycles. The molecule has 6 nitrogen and oxygen atoms in total. The Balaban J connectivity index is 2.25. The van der Waals surface area contributed by atoms with Gasteiger partial charge in [0, 0.05) is 30.0 Å². The largest absolute Gasteiger partial charge is 0.311 e. The summed E-state index contributed by atoms with van der Waals surface area (Å²) in [6.07, 6.45) is 0.352. The molecule has 1 aromatic carbocycles. The number of anilines is 1. The van der Waals surface area contributed by atoms with Gasteiger partial charge >= 0.3 is 0 Å². The molecule has 19 heavy (non-hydrogen) atoms. The molecule has 0 radical (unpaired) electrons. The molecule has 0 aromatic heterocycles. The zero-order chi connectivity index (χ0) is 13.8. The van der Waals surface area contributed by atoms with Crippen molar-refractivity contribution in [3.63, 3.8) is 0 Å². The summed E-state index contributed by atoms with van der Waals surface area (Å²) in [5.41, 5.74) is 9.49. The zero-order valence-corrected chi connectivity index (χ0v) is 10.6. The first-order chi connectivity index (χ1) is 9.13. The van der Waals surface area contributed by atoms with E-state index < -0.39 is 0 Å². The first-order valence-corrected chi connectivity index (χ1v) is 6.04. The first kappa shape index (κ1) is 13.1. The predicted octanol–water partition coefficient (Wildman–Crippen LogP) is 2.55. The third-order valence-corrected chi connectivity index (χ3v) is 3.18. The van der Waals surface area contributed by atoms with E-state index in [1.165, 1.54) is 6.92 Å². The van der Waals surface area contributed by atoms with E-state index in [-0.39, 0.29) is 17.6 Å². The van der Waals surface area contributed by atoms with Crippen molar-refractivity contribution >= 4 is 17.4 Å². The Bertz CT molecular complexity index is 564. The Hall–Kier alpha value is -2.33. The average Bonchev–Trinajstić information content (AvgIpc) is 2.77. The molecular formula is C13H14N4O2. The fourth-order valence-corrected chi connectivity index (χ4v) is 2.30. The van der Waals surface area contributed by atoms with Gasteiger partial charge in [-0.25, -0.2) is 0 Å². The van der Waals surface area contributed by atoms with Crippen LogP contribution in [0.1, 0.15) is 23.7 Å². The van der Waals surface area contributed by atoms with Gasteiger partial charge in [0.1, 0.15) is 0 Å². The van der Waals surface area contributed by atoms with Crippen LogP contribution in [-0.4, -0.2) is 24.8 Å². The van der Waals surface area contributed by atoms with Gasteiger partial charge in [-0.3, -0.25) is 9.59 Å². The summed E-state index contributed by atoms with van der Waals surface area (Å²) in [4.78, 5) is 27.9. The minimum atomic E-state index is -0.0677. The summed E-state index contributed by atoms with van der Waals surface area (Å²) in [5, 5.41) is 3.51. The molecule has 1 aliphatic rings. The second kappa shape index (κ2) is 5.54. The lowest BCUT2D eigenvalue weighted by Gasteiger charge is -2.19. The number of Topliss-reactive ketones (excluding diaryl/α,β-unsaturated/α-hetero) is 1. The average molecular weight is 258 g/mol. The maximum atomic E-state index is 12.0. The molecule has 0 bridgehead atoms. The summed E-state index contributed by atoms with van der Waals surface area (Å²) in [6, 6.07) is 7.06. The Labute approximate surface area is 110 Å². The highest BCUT2D eigenvalue weighted by atomic mass is 16.2. The summed E-state index contributed by atoms with van der Waals surface area (Å²) >= 11 is 0. The van der Waals surface area contributed by atoms with Gasteiger partial charge in [0.25, 0.3) is 0 Å². The maximum absolute atomic E-state index is 12.0. The summed E-state index contributed by atoms with van der Waals surface area (Å²) in [7, 11) is 0. The maximum Gasteiger partial charge on any atom is 0.227 e. The number of rotatable bonds is 4. The van der Waals surface area contributed by atoms with Crippen LogP contribution in [-0.2, 0) is 4.79 Å². The van der Waals surface area contributed by atoms with Crippen LogP contribution in [0.2, 0.25) is 0 Å². The number of carbonyl (C=O) groups excluding carboxylic acids is 2. The third-order valence-electron chi connectivity index (χ3n) is 3.18. The van der Waals surface area contributed by atoms with Crippen LogP contribution < -0.4 is 4.90 Å². The highest BCUT2D eigenvalue weighted by Crippen LogP contribution is 2.28. The van der Waals surface area contributed by atoms with Crippen LogP contribution in [0.25, 0.3) is 10.4 Å². The molecule has 1 aromatic rings. The fourth-order valence-electron chi connectivity index (χ4n) is 2.30. The third kappa shape index (κ3) is 2.74. The van der Waals surface area contributed by atoms with E-state index in [1.54, 1.807) is 29.2 Å². The van der Waals surface area contributed by atoms with Crippen LogP contribution in [0, 0.1) is 5.92 Å². The lowest BCUT2D eigenvalue weighted by molar-refractivity contribution is -0.117. The second-order valence-corrected chi connectivity index (χ2v) is 4.56. The van der Waals surface area contributed by atoms with Crippen molar-refractivity contribution in [2.24, 2.45) is 11.0 Å². The lowest BCUT2D eigenvalue weighted by atomic mass is 10.1. The molecule has 1 atom stereocenters. The quantitative estimate of drug-likeness (QED) is 0.359. The number of amides is 1. The molecule has 2 rings (SSSR count). The van der Waals surface area contributed by atoms with Gasteiger partial charge < -0.3 is 4.90 Å². The molecule has 1 unspecified atom stereocenters. The fraction of sp³-hybridized carbons (Fsp3) is 0.385. The summed E-state index contributed by atoms with van der Waals surface area (Å²) in [6.45, 7) is 2.28. The smallest absolute Gasteiger partial charge is 0.227 e. The van der Waals surface area contributed by atoms with Crippen LogP contribution in [0.15, 0.2) is 29.4 Å². The highest BCUT2D eigenvalue weighted by Gasteiger charge is 2.31. The number of hydrogen-bond acceptors (Lipinski definition) is 3. The standard InChI is InChI=1S/C13H14N4O2/c1-9(18)11-4-2-3-5-12(11)17-8-10(6-13(17)19)7-15-16-14/h2-5,10H,6-8H2,1H3. The van der Waals surface area contributed by atoms with Crippen LogP contribution >= 0.6 is 0 Å². The van der Waals surface area contributed by atoms with Crippen molar-refractivity contribution in [1.82, 2.24) is 0 Å². The van der Waals surface area contributed by atoms with Crippen molar-refractivity contribution < 1.29 is 9.59 Å². The van der Waals surface area contributed by atoms with Crippen LogP contribution in [0.3, 0.4) is 0 Å². The molecule has 1 saturated heterocycles. The van der Waals surface area contributed by atoms with E-state index >= 15 is 0 Å². The molecule has 0 N–H and O–H groups in total. The Kier molecular flexibility index (Phi) is 3.82. The van der Waals surface area contributed by atoms with Crippen LogP contribution in [0.4, 0.5) is 5.69 Å². The SMILES string of the molecule is CC(=O)c1ccccc1N1CC(CN=[N+]=[N-])CC1=O. The van der Waals surface area contributed by atoms with Crippen molar-refractivity contribution in [1.29, 1.82) is 0 Å².